The fourth-order valence-electron chi connectivity index (χ4n) is 3.60. The highest BCUT2D eigenvalue weighted by atomic mass is 127. The number of hydrogen-bond donors (Lipinski definition) is 2. The number of ether oxygens (including phenoxy) is 1. The first-order valence-electron chi connectivity index (χ1n) is 10.5. The molecule has 1 aliphatic rings. The van der Waals surface area contributed by atoms with E-state index in [0.717, 1.165) is 51.1 Å². The average molecular weight is 538 g/mol. The molecule has 0 saturated carbocycles. The normalized spacial score (nSPS) is 17.2. The first-order valence-corrected chi connectivity index (χ1v) is 11.4. The van der Waals surface area contributed by atoms with Crippen molar-refractivity contribution in [2.24, 2.45) is 10.9 Å². The maximum Gasteiger partial charge on any atom is 0.191 e. The third kappa shape index (κ3) is 9.95. The third-order valence-corrected chi connectivity index (χ3v) is 6.46. The molecule has 1 saturated heterocycles. The van der Waals surface area contributed by atoms with Gasteiger partial charge in [0.05, 0.1) is 6.04 Å². The van der Waals surface area contributed by atoms with E-state index >= 15 is 0 Å². The van der Waals surface area contributed by atoms with E-state index in [-0.39, 0.29) is 24.0 Å². The van der Waals surface area contributed by atoms with Crippen LogP contribution >= 0.6 is 35.3 Å². The largest absolute Gasteiger partial charge is 0.385 e. The van der Waals surface area contributed by atoms with Gasteiger partial charge >= 0.3 is 0 Å². The van der Waals surface area contributed by atoms with Gasteiger partial charge in [0.15, 0.2) is 5.96 Å². The molecule has 0 bridgehead atoms. The molecule has 2 heterocycles. The van der Waals surface area contributed by atoms with Crippen LogP contribution in [-0.4, -0.2) is 82.8 Å². The van der Waals surface area contributed by atoms with Gasteiger partial charge in [0.1, 0.15) is 0 Å². The van der Waals surface area contributed by atoms with Gasteiger partial charge in [-0.15, -0.1) is 35.3 Å². The number of hydrogen-bond acceptors (Lipinski definition) is 5. The number of nitrogens with zero attached hydrogens (tertiary/aromatic N) is 3. The second kappa shape index (κ2) is 15.4. The van der Waals surface area contributed by atoms with Crippen molar-refractivity contribution in [2.75, 3.05) is 67.1 Å². The summed E-state index contributed by atoms with van der Waals surface area (Å²) in [6.45, 7) is 9.37. The summed E-state index contributed by atoms with van der Waals surface area (Å²) in [7, 11) is 5.75. The van der Waals surface area contributed by atoms with Crippen molar-refractivity contribution in [3.63, 3.8) is 0 Å². The lowest BCUT2D eigenvalue weighted by Crippen LogP contribution is -2.46. The van der Waals surface area contributed by atoms with Crippen LogP contribution in [0.5, 0.6) is 0 Å². The summed E-state index contributed by atoms with van der Waals surface area (Å²) in [5.74, 6) is 1.74. The maximum absolute atomic E-state index is 5.12. The molecule has 0 spiro atoms. The molecule has 29 heavy (non-hydrogen) atoms. The Labute approximate surface area is 198 Å². The molecule has 0 amide bonds. The van der Waals surface area contributed by atoms with Crippen LogP contribution in [0.1, 0.15) is 37.1 Å². The number of thiophene rings is 1. The number of piperidine rings is 1. The number of aliphatic imine (C=N–C) groups is 1. The molecule has 1 aromatic heterocycles. The Bertz CT molecular complexity index is 549. The fraction of sp³-hybridized carbons (Fsp3) is 0.762. The number of methoxy groups -OCH3 is 1. The van der Waals surface area contributed by atoms with Gasteiger partial charge in [0, 0.05) is 51.8 Å². The molecule has 1 aromatic rings. The summed E-state index contributed by atoms with van der Waals surface area (Å²) < 4.78 is 5.12. The Morgan fingerprint density at radius 3 is 2.72 bits per heavy atom. The molecular formula is C21H40IN5OS. The van der Waals surface area contributed by atoms with Crippen molar-refractivity contribution < 1.29 is 4.74 Å². The van der Waals surface area contributed by atoms with Crippen molar-refractivity contribution in [3.05, 3.63) is 22.4 Å². The average Bonchev–Trinajstić information content (AvgIpc) is 3.22. The Morgan fingerprint density at radius 2 is 2.10 bits per heavy atom. The maximum atomic E-state index is 5.12. The number of nitrogens with one attached hydrogen (secondary N) is 2. The highest BCUT2D eigenvalue weighted by Crippen LogP contribution is 2.28. The number of likely N-dealkylation sites (tertiary alicyclic amines) is 1. The molecule has 0 radical (unpaired) electrons. The SMILES string of the molecule is CN=C(NCCN(C)CCCOC)NCC(c1cccs1)N1CCC(C)CC1.I. The van der Waals surface area contributed by atoms with Gasteiger partial charge < -0.3 is 20.3 Å². The molecule has 1 atom stereocenters. The quantitative estimate of drug-likeness (QED) is 0.197. The topological polar surface area (TPSA) is 52.1 Å². The molecule has 1 fully saturated rings. The predicted octanol–water partition coefficient (Wildman–Crippen LogP) is 3.27. The van der Waals surface area contributed by atoms with E-state index in [2.05, 4.69) is 56.9 Å². The Morgan fingerprint density at radius 1 is 1.34 bits per heavy atom. The molecule has 0 aromatic carbocycles. The van der Waals surface area contributed by atoms with Gasteiger partial charge in [-0.1, -0.05) is 13.0 Å². The minimum Gasteiger partial charge on any atom is -0.385 e. The van der Waals surface area contributed by atoms with E-state index in [4.69, 9.17) is 4.74 Å². The summed E-state index contributed by atoms with van der Waals surface area (Å²) in [4.78, 5) is 10.8. The van der Waals surface area contributed by atoms with Crippen LogP contribution in [0.25, 0.3) is 0 Å². The Kier molecular flexibility index (Phi) is 14.1. The minimum atomic E-state index is 0. The summed E-state index contributed by atoms with van der Waals surface area (Å²) in [5, 5.41) is 9.19. The zero-order valence-corrected chi connectivity index (χ0v) is 21.7. The summed E-state index contributed by atoms with van der Waals surface area (Å²) in [6, 6.07) is 4.84. The van der Waals surface area contributed by atoms with Gasteiger partial charge in [0.25, 0.3) is 0 Å². The van der Waals surface area contributed by atoms with Gasteiger partial charge in [-0.3, -0.25) is 9.89 Å². The van der Waals surface area contributed by atoms with E-state index in [1.807, 2.05) is 18.4 Å². The van der Waals surface area contributed by atoms with Gasteiger partial charge in [0.2, 0.25) is 0 Å². The molecule has 2 N–H and O–H groups in total. The van der Waals surface area contributed by atoms with E-state index in [0.29, 0.717) is 6.04 Å². The summed E-state index contributed by atoms with van der Waals surface area (Å²) in [6.07, 6.45) is 3.66. The molecule has 2 rings (SSSR count). The highest BCUT2D eigenvalue weighted by molar-refractivity contribution is 14.0. The van der Waals surface area contributed by atoms with Crippen LogP contribution in [-0.2, 0) is 4.74 Å². The lowest BCUT2D eigenvalue weighted by Gasteiger charge is -2.36. The molecule has 168 valence electrons. The fourth-order valence-corrected chi connectivity index (χ4v) is 4.46. The van der Waals surface area contributed by atoms with E-state index < -0.39 is 0 Å². The first kappa shape index (κ1) is 26.6. The number of guanidine groups is 1. The zero-order valence-electron chi connectivity index (χ0n) is 18.5. The first-order chi connectivity index (χ1) is 13.6. The van der Waals surface area contributed by atoms with Gasteiger partial charge in [-0.25, -0.2) is 0 Å². The van der Waals surface area contributed by atoms with Crippen molar-refractivity contribution in [2.45, 2.75) is 32.2 Å². The summed E-state index contributed by atoms with van der Waals surface area (Å²) in [5.41, 5.74) is 0. The van der Waals surface area contributed by atoms with Crippen LogP contribution in [0.2, 0.25) is 0 Å². The van der Waals surface area contributed by atoms with Crippen molar-refractivity contribution in [3.8, 4) is 0 Å². The lowest BCUT2D eigenvalue weighted by molar-refractivity contribution is 0.140. The monoisotopic (exact) mass is 537 g/mol. The van der Waals surface area contributed by atoms with Crippen molar-refractivity contribution in [1.82, 2.24) is 20.4 Å². The summed E-state index contributed by atoms with van der Waals surface area (Å²) >= 11 is 1.86. The van der Waals surface area contributed by atoms with Gasteiger partial charge in [-0.05, 0) is 56.8 Å². The molecule has 1 unspecified atom stereocenters. The van der Waals surface area contributed by atoms with E-state index in [1.54, 1.807) is 7.11 Å². The van der Waals surface area contributed by atoms with Crippen LogP contribution in [0.3, 0.4) is 0 Å². The number of likely N-dealkylation sites (N-methyl/N-ethyl adjacent to an activating group) is 1. The third-order valence-electron chi connectivity index (χ3n) is 5.49. The zero-order chi connectivity index (χ0) is 20.2. The van der Waals surface area contributed by atoms with Crippen molar-refractivity contribution >= 4 is 41.3 Å². The van der Waals surface area contributed by atoms with Crippen LogP contribution in [0, 0.1) is 5.92 Å². The molecule has 8 heteroatoms. The molecular weight excluding hydrogens is 497 g/mol. The molecule has 6 nitrogen and oxygen atoms in total. The molecule has 0 aliphatic carbocycles. The molecule has 1 aliphatic heterocycles. The highest BCUT2D eigenvalue weighted by Gasteiger charge is 2.25. The second-order valence-electron chi connectivity index (χ2n) is 7.78. The van der Waals surface area contributed by atoms with E-state index in [1.165, 1.54) is 30.8 Å². The predicted molar refractivity (Wildman–Crippen MR) is 136 cm³/mol. The number of rotatable bonds is 11. The van der Waals surface area contributed by atoms with Crippen molar-refractivity contribution in [1.29, 1.82) is 0 Å². The van der Waals surface area contributed by atoms with Crippen LogP contribution in [0.4, 0.5) is 0 Å². The van der Waals surface area contributed by atoms with Crippen LogP contribution in [0.15, 0.2) is 22.5 Å². The van der Waals surface area contributed by atoms with Gasteiger partial charge in [-0.2, -0.15) is 0 Å². The standard InChI is InChI=1S/C21H39N5OS.HI/c1-18-8-12-26(13-9-18)19(20-7-5-16-28-20)17-24-21(22-2)23-10-14-25(3)11-6-15-27-4;/h5,7,16,18-19H,6,8-15,17H2,1-4H3,(H2,22,23,24);1H. The van der Waals surface area contributed by atoms with Crippen LogP contribution < -0.4 is 10.6 Å². The lowest BCUT2D eigenvalue weighted by atomic mass is 9.97. The Hall–Kier alpha value is -0.420. The Balaban J connectivity index is 0.00000420. The minimum absolute atomic E-state index is 0. The number of halogens is 1. The van der Waals surface area contributed by atoms with E-state index in [9.17, 15) is 0 Å². The second-order valence-corrected chi connectivity index (χ2v) is 8.76. The smallest absolute Gasteiger partial charge is 0.191 e.